The van der Waals surface area contributed by atoms with Gasteiger partial charge in [0.1, 0.15) is 17.2 Å². The molecule has 0 saturated heterocycles. The largest absolute Gasteiger partial charge is 0.497 e. The third-order valence-corrected chi connectivity index (χ3v) is 5.55. The minimum atomic E-state index is -0.544. The predicted octanol–water partition coefficient (Wildman–Crippen LogP) is 1.97. The summed E-state index contributed by atoms with van der Waals surface area (Å²) in [7, 11) is 3.19. The van der Waals surface area contributed by atoms with E-state index in [-0.39, 0.29) is 5.91 Å². The number of ether oxygens (including phenoxy) is 2. The molecule has 0 radical (unpaired) electrons. The Morgan fingerprint density at radius 3 is 2.71 bits per heavy atom. The number of carbonyl (C=O) groups excluding carboxylic acids is 1. The molecule has 1 amide bonds. The molecule has 1 N–H and O–H groups in total. The van der Waals surface area contributed by atoms with Crippen molar-refractivity contribution >= 4 is 44.5 Å². The number of benzene rings is 2. The highest BCUT2D eigenvalue weighted by Gasteiger charge is 2.35. The topological polar surface area (TPSA) is 75.5 Å². The van der Waals surface area contributed by atoms with Gasteiger partial charge in [0.05, 0.1) is 19.6 Å². The molecule has 9 heteroatoms. The van der Waals surface area contributed by atoms with E-state index in [1.165, 1.54) is 11.8 Å². The van der Waals surface area contributed by atoms with Crippen molar-refractivity contribution in [1.29, 1.82) is 0 Å². The molecule has 2 aliphatic heterocycles. The van der Waals surface area contributed by atoms with Gasteiger partial charge in [-0.25, -0.2) is 5.01 Å². The summed E-state index contributed by atoms with van der Waals surface area (Å²) >= 11 is 4.84. The number of halogens is 1. The van der Waals surface area contributed by atoms with Crippen molar-refractivity contribution in [2.24, 2.45) is 10.1 Å². The Balaban J connectivity index is 1.99. The molecule has 2 heterocycles. The van der Waals surface area contributed by atoms with Gasteiger partial charge in [-0.2, -0.15) is 0 Å². The number of amides is 1. The van der Waals surface area contributed by atoms with Crippen LogP contribution in [0.2, 0.25) is 0 Å². The number of nitrogens with one attached hydrogen (secondary N) is 1. The number of methoxy groups -OCH3 is 2. The van der Waals surface area contributed by atoms with Crippen molar-refractivity contribution in [3.63, 3.8) is 0 Å². The van der Waals surface area contributed by atoms with E-state index >= 15 is 0 Å². The number of hydrazone groups is 1. The van der Waals surface area contributed by atoms with Crippen LogP contribution in [0.5, 0.6) is 11.5 Å². The molecule has 0 spiro atoms. The smallest absolute Gasteiger partial charge is 0.276 e. The summed E-state index contributed by atoms with van der Waals surface area (Å²) in [5.41, 5.74) is 1.24. The standard InChI is InChI=1S/C19H17BrN4O3S/c1-26-11-5-6-12(15(9-11)27-2)17-21-14-7-4-10(20)8-13(14)16-18(25)22-19(28-3)23-24(16)17/h4-9,17H,1-3H3,(H,22,23,25)/t17-/m1/s1. The van der Waals surface area contributed by atoms with Gasteiger partial charge in [0.2, 0.25) is 0 Å². The first-order chi connectivity index (χ1) is 13.5. The number of thioether (sulfide) groups is 1. The van der Waals surface area contributed by atoms with Gasteiger partial charge in [0, 0.05) is 21.3 Å². The van der Waals surface area contributed by atoms with E-state index in [1.54, 1.807) is 25.3 Å². The van der Waals surface area contributed by atoms with Gasteiger partial charge in [0.15, 0.2) is 11.3 Å². The number of fused-ring (bicyclic) bond motifs is 2. The SMILES string of the molecule is COc1ccc([C@@H]2N=c3ccc(Br)cc3=C3C(=O)NC(SC)=NN32)c(OC)c1. The number of carbonyl (C=O) groups is 1. The third-order valence-electron chi connectivity index (χ3n) is 4.48. The normalized spacial score (nSPS) is 17.8. The van der Waals surface area contributed by atoms with Crippen LogP contribution in [0.3, 0.4) is 0 Å². The van der Waals surface area contributed by atoms with E-state index in [0.717, 1.165) is 20.6 Å². The average Bonchev–Trinajstić information content (AvgIpc) is 2.72. The number of rotatable bonds is 3. The van der Waals surface area contributed by atoms with Crippen molar-refractivity contribution in [2.45, 2.75) is 6.17 Å². The van der Waals surface area contributed by atoms with E-state index in [2.05, 4.69) is 26.3 Å². The minimum absolute atomic E-state index is 0.217. The molecule has 7 nitrogen and oxygen atoms in total. The molecular formula is C19H17BrN4O3S. The summed E-state index contributed by atoms with van der Waals surface area (Å²) in [6, 6.07) is 11.2. The van der Waals surface area contributed by atoms with Crippen LogP contribution in [-0.2, 0) is 4.79 Å². The zero-order valence-electron chi connectivity index (χ0n) is 15.4. The van der Waals surface area contributed by atoms with E-state index in [9.17, 15) is 4.79 Å². The minimum Gasteiger partial charge on any atom is -0.497 e. The Bertz CT molecular complexity index is 1120. The lowest BCUT2D eigenvalue weighted by Crippen LogP contribution is -2.50. The Morgan fingerprint density at radius 1 is 1.18 bits per heavy atom. The van der Waals surface area contributed by atoms with Gasteiger partial charge in [-0.1, -0.05) is 27.7 Å². The monoisotopic (exact) mass is 460 g/mol. The molecule has 0 unspecified atom stereocenters. The first kappa shape index (κ1) is 18.8. The lowest BCUT2D eigenvalue weighted by atomic mass is 10.1. The number of hydrogen-bond donors (Lipinski definition) is 1. The first-order valence-electron chi connectivity index (χ1n) is 8.38. The molecule has 2 aromatic rings. The number of amidine groups is 1. The molecule has 2 aliphatic rings. The van der Waals surface area contributed by atoms with Crippen molar-refractivity contribution in [3.05, 3.63) is 57.0 Å². The van der Waals surface area contributed by atoms with Crippen LogP contribution in [0.1, 0.15) is 11.7 Å². The quantitative estimate of drug-likeness (QED) is 0.757. The van der Waals surface area contributed by atoms with Gasteiger partial charge in [-0.3, -0.25) is 15.1 Å². The van der Waals surface area contributed by atoms with E-state index < -0.39 is 6.17 Å². The Hall–Kier alpha value is -2.52. The third kappa shape index (κ3) is 3.14. The maximum absolute atomic E-state index is 12.9. The Morgan fingerprint density at radius 2 is 2.00 bits per heavy atom. The van der Waals surface area contributed by atoms with Crippen LogP contribution in [0.4, 0.5) is 0 Å². The lowest BCUT2D eigenvalue weighted by Gasteiger charge is -2.34. The zero-order valence-corrected chi connectivity index (χ0v) is 17.8. The van der Waals surface area contributed by atoms with Gasteiger partial charge in [0.25, 0.3) is 5.91 Å². The van der Waals surface area contributed by atoms with Crippen LogP contribution in [0, 0.1) is 0 Å². The second-order valence-corrected chi connectivity index (χ2v) is 7.74. The number of hydrogen-bond acceptors (Lipinski definition) is 7. The highest BCUT2D eigenvalue weighted by molar-refractivity contribution is 9.10. The summed E-state index contributed by atoms with van der Waals surface area (Å²) in [5, 5.41) is 11.1. The molecule has 0 aromatic heterocycles. The maximum Gasteiger partial charge on any atom is 0.276 e. The summed E-state index contributed by atoms with van der Waals surface area (Å²) in [4.78, 5) is 17.8. The zero-order chi connectivity index (χ0) is 19.8. The molecule has 1 atom stereocenters. The molecule has 0 fully saturated rings. The van der Waals surface area contributed by atoms with Gasteiger partial charge in [-0.05, 0) is 36.6 Å². The van der Waals surface area contributed by atoms with Crippen LogP contribution >= 0.6 is 27.7 Å². The fourth-order valence-electron chi connectivity index (χ4n) is 3.18. The molecule has 0 aliphatic carbocycles. The van der Waals surface area contributed by atoms with Crippen molar-refractivity contribution in [3.8, 4) is 11.5 Å². The molecule has 0 saturated carbocycles. The molecule has 2 aromatic carbocycles. The molecule has 4 rings (SSSR count). The number of nitrogens with zero attached hydrogens (tertiary/aromatic N) is 3. The Kier molecular flexibility index (Phi) is 5.03. The second kappa shape index (κ2) is 7.48. The van der Waals surface area contributed by atoms with E-state index in [1.807, 2.05) is 36.6 Å². The molecule has 28 heavy (non-hydrogen) atoms. The van der Waals surface area contributed by atoms with Gasteiger partial charge < -0.3 is 9.47 Å². The van der Waals surface area contributed by atoms with Crippen LogP contribution in [-0.4, -0.2) is 36.6 Å². The summed E-state index contributed by atoms with van der Waals surface area (Å²) in [6.45, 7) is 0. The van der Waals surface area contributed by atoms with E-state index in [0.29, 0.717) is 22.4 Å². The van der Waals surface area contributed by atoms with Crippen LogP contribution in [0.25, 0.3) is 5.70 Å². The fraction of sp³-hybridized carbons (Fsp3) is 0.211. The average molecular weight is 461 g/mol. The second-order valence-electron chi connectivity index (χ2n) is 6.03. The highest BCUT2D eigenvalue weighted by Crippen LogP contribution is 2.37. The maximum atomic E-state index is 12.9. The fourth-order valence-corrected chi connectivity index (χ4v) is 3.90. The summed E-state index contributed by atoms with van der Waals surface area (Å²) < 4.78 is 11.7. The summed E-state index contributed by atoms with van der Waals surface area (Å²) in [5.74, 6) is 1.07. The van der Waals surface area contributed by atoms with Gasteiger partial charge >= 0.3 is 0 Å². The lowest BCUT2D eigenvalue weighted by molar-refractivity contribution is -0.116. The highest BCUT2D eigenvalue weighted by atomic mass is 79.9. The van der Waals surface area contributed by atoms with Crippen LogP contribution in [0.15, 0.2) is 51.0 Å². The van der Waals surface area contributed by atoms with Crippen molar-refractivity contribution in [1.82, 2.24) is 10.3 Å². The molecular weight excluding hydrogens is 444 g/mol. The Labute approximate surface area is 174 Å². The van der Waals surface area contributed by atoms with Crippen LogP contribution < -0.4 is 25.4 Å². The molecule has 144 valence electrons. The van der Waals surface area contributed by atoms with Crippen molar-refractivity contribution in [2.75, 3.05) is 20.5 Å². The van der Waals surface area contributed by atoms with E-state index in [4.69, 9.17) is 14.5 Å². The van der Waals surface area contributed by atoms with Crippen molar-refractivity contribution < 1.29 is 14.3 Å². The summed E-state index contributed by atoms with van der Waals surface area (Å²) in [6.07, 6.45) is 1.32. The molecule has 0 bridgehead atoms. The predicted molar refractivity (Wildman–Crippen MR) is 112 cm³/mol. The first-order valence-corrected chi connectivity index (χ1v) is 10.4. The van der Waals surface area contributed by atoms with Gasteiger partial charge in [-0.15, -0.1) is 5.10 Å².